The summed E-state index contributed by atoms with van der Waals surface area (Å²) in [5, 5.41) is 3.90. The molecule has 1 saturated heterocycles. The molecule has 3 aromatic rings. The number of carbonyl (C=O) groups excluding carboxylic acids is 1. The third-order valence-corrected chi connectivity index (χ3v) is 4.83. The minimum atomic E-state index is -0.263. The quantitative estimate of drug-likeness (QED) is 0.685. The molecular formula is C19H21N5O3. The number of benzene rings is 1. The Morgan fingerprint density at radius 1 is 1.19 bits per heavy atom. The van der Waals surface area contributed by atoms with Crippen molar-refractivity contribution in [3.05, 3.63) is 58.3 Å². The standard InChI is InChI=1S/C19H21N5O3/c1-14-10-15(27-21-14)12-22-6-8-23(9-7-22)19(26)13-24-17-5-3-2-4-16(17)20-11-18(24)25/h2-5,10-11H,6-9,12-13H2,1H3. The summed E-state index contributed by atoms with van der Waals surface area (Å²) in [6.07, 6.45) is 1.27. The molecule has 27 heavy (non-hydrogen) atoms. The number of nitrogens with zero attached hydrogens (tertiary/aromatic N) is 5. The van der Waals surface area contributed by atoms with Crippen molar-refractivity contribution < 1.29 is 9.32 Å². The van der Waals surface area contributed by atoms with Crippen molar-refractivity contribution in [2.24, 2.45) is 0 Å². The predicted molar refractivity (Wildman–Crippen MR) is 99.1 cm³/mol. The highest BCUT2D eigenvalue weighted by molar-refractivity contribution is 5.80. The SMILES string of the molecule is Cc1cc(CN2CCN(C(=O)Cn3c(=O)cnc4ccccc43)CC2)on1. The van der Waals surface area contributed by atoms with Crippen LogP contribution in [0.2, 0.25) is 0 Å². The van der Waals surface area contributed by atoms with Crippen LogP contribution in [0.4, 0.5) is 0 Å². The molecule has 0 radical (unpaired) electrons. The fourth-order valence-electron chi connectivity index (χ4n) is 3.38. The van der Waals surface area contributed by atoms with Crippen molar-refractivity contribution in [3.63, 3.8) is 0 Å². The van der Waals surface area contributed by atoms with Crippen LogP contribution in [0, 0.1) is 6.92 Å². The van der Waals surface area contributed by atoms with E-state index in [4.69, 9.17) is 4.52 Å². The van der Waals surface area contributed by atoms with E-state index in [1.807, 2.05) is 42.2 Å². The van der Waals surface area contributed by atoms with Crippen molar-refractivity contribution in [3.8, 4) is 0 Å². The van der Waals surface area contributed by atoms with E-state index in [2.05, 4.69) is 15.0 Å². The van der Waals surface area contributed by atoms with Gasteiger partial charge in [0.15, 0.2) is 5.76 Å². The average Bonchev–Trinajstić information content (AvgIpc) is 3.09. The van der Waals surface area contributed by atoms with Gasteiger partial charge in [0.05, 0.1) is 29.5 Å². The lowest BCUT2D eigenvalue weighted by molar-refractivity contribution is -0.133. The van der Waals surface area contributed by atoms with Crippen LogP contribution in [0.5, 0.6) is 0 Å². The minimum absolute atomic E-state index is 0.0309. The minimum Gasteiger partial charge on any atom is -0.360 e. The number of fused-ring (bicyclic) bond motifs is 1. The third kappa shape index (κ3) is 3.75. The van der Waals surface area contributed by atoms with Gasteiger partial charge in [0.25, 0.3) is 5.56 Å². The zero-order valence-electron chi connectivity index (χ0n) is 15.2. The maximum absolute atomic E-state index is 12.7. The molecule has 3 heterocycles. The van der Waals surface area contributed by atoms with Crippen LogP contribution in [0.1, 0.15) is 11.5 Å². The second kappa shape index (κ2) is 7.32. The molecule has 1 amide bonds. The smallest absolute Gasteiger partial charge is 0.269 e. The summed E-state index contributed by atoms with van der Waals surface area (Å²) in [5.41, 5.74) is 1.99. The van der Waals surface area contributed by atoms with Gasteiger partial charge in [-0.25, -0.2) is 4.98 Å². The molecule has 0 atom stereocenters. The largest absolute Gasteiger partial charge is 0.360 e. The molecule has 0 spiro atoms. The Bertz CT molecular complexity index is 1020. The van der Waals surface area contributed by atoms with Gasteiger partial charge >= 0.3 is 0 Å². The van der Waals surface area contributed by atoms with Gasteiger partial charge in [-0.1, -0.05) is 17.3 Å². The van der Waals surface area contributed by atoms with Gasteiger partial charge in [-0.05, 0) is 19.1 Å². The van der Waals surface area contributed by atoms with Gasteiger partial charge in [0, 0.05) is 32.2 Å². The fourth-order valence-corrected chi connectivity index (χ4v) is 3.38. The Hall–Kier alpha value is -3.00. The van der Waals surface area contributed by atoms with Gasteiger partial charge in [-0.2, -0.15) is 0 Å². The molecule has 1 aromatic carbocycles. The molecule has 8 heteroatoms. The van der Waals surface area contributed by atoms with Crippen molar-refractivity contribution in [2.45, 2.75) is 20.0 Å². The number of rotatable bonds is 4. The topological polar surface area (TPSA) is 84.5 Å². The molecule has 1 aliphatic rings. The summed E-state index contributed by atoms with van der Waals surface area (Å²) in [4.78, 5) is 33.1. The lowest BCUT2D eigenvalue weighted by atomic mass is 10.2. The molecular weight excluding hydrogens is 346 g/mol. The molecule has 0 bridgehead atoms. The molecule has 2 aromatic heterocycles. The van der Waals surface area contributed by atoms with Crippen LogP contribution < -0.4 is 5.56 Å². The number of amides is 1. The highest BCUT2D eigenvalue weighted by Gasteiger charge is 2.22. The molecule has 4 rings (SSSR count). The van der Waals surface area contributed by atoms with Gasteiger partial charge in [0.2, 0.25) is 5.91 Å². The highest BCUT2D eigenvalue weighted by atomic mass is 16.5. The maximum Gasteiger partial charge on any atom is 0.269 e. The summed E-state index contributed by atoms with van der Waals surface area (Å²) in [5.74, 6) is 0.783. The van der Waals surface area contributed by atoms with Crippen LogP contribution in [-0.2, 0) is 17.9 Å². The zero-order chi connectivity index (χ0) is 18.8. The molecule has 0 unspecified atom stereocenters. The molecule has 0 N–H and O–H groups in total. The molecule has 1 aliphatic heterocycles. The van der Waals surface area contributed by atoms with Crippen LogP contribution >= 0.6 is 0 Å². The third-order valence-electron chi connectivity index (χ3n) is 4.83. The predicted octanol–water partition coefficient (Wildman–Crippen LogP) is 1.04. The second-order valence-electron chi connectivity index (χ2n) is 6.76. The number of aryl methyl sites for hydroxylation is 1. The first-order chi connectivity index (χ1) is 13.1. The number of hydrogen-bond acceptors (Lipinski definition) is 6. The summed E-state index contributed by atoms with van der Waals surface area (Å²) >= 11 is 0. The van der Waals surface area contributed by atoms with Gasteiger partial charge in [-0.3, -0.25) is 19.1 Å². The van der Waals surface area contributed by atoms with E-state index in [1.165, 1.54) is 10.8 Å². The molecule has 1 fully saturated rings. The molecule has 0 saturated carbocycles. The Morgan fingerprint density at radius 2 is 1.96 bits per heavy atom. The van der Waals surface area contributed by atoms with E-state index in [0.717, 1.165) is 24.5 Å². The molecule has 8 nitrogen and oxygen atoms in total. The summed E-state index contributed by atoms with van der Waals surface area (Å²) in [7, 11) is 0. The van der Waals surface area contributed by atoms with E-state index < -0.39 is 0 Å². The van der Waals surface area contributed by atoms with E-state index >= 15 is 0 Å². The zero-order valence-corrected chi connectivity index (χ0v) is 15.2. The molecule has 140 valence electrons. The Kier molecular flexibility index (Phi) is 4.72. The average molecular weight is 367 g/mol. The van der Waals surface area contributed by atoms with Crippen LogP contribution in [0.3, 0.4) is 0 Å². The van der Waals surface area contributed by atoms with Crippen LogP contribution in [-0.4, -0.2) is 56.6 Å². The van der Waals surface area contributed by atoms with Crippen molar-refractivity contribution >= 4 is 16.9 Å². The Balaban J connectivity index is 1.40. The maximum atomic E-state index is 12.7. The second-order valence-corrected chi connectivity index (χ2v) is 6.76. The fraction of sp³-hybridized carbons (Fsp3) is 0.368. The number of aromatic nitrogens is 3. The van der Waals surface area contributed by atoms with E-state index in [0.29, 0.717) is 30.7 Å². The van der Waals surface area contributed by atoms with E-state index in [-0.39, 0.29) is 18.0 Å². The van der Waals surface area contributed by atoms with E-state index in [9.17, 15) is 9.59 Å². The van der Waals surface area contributed by atoms with Gasteiger partial charge < -0.3 is 9.42 Å². The summed E-state index contributed by atoms with van der Waals surface area (Å²) in [6, 6.07) is 9.28. The number of hydrogen-bond donors (Lipinski definition) is 0. The first kappa shape index (κ1) is 17.4. The molecule has 0 aliphatic carbocycles. The number of piperazine rings is 1. The van der Waals surface area contributed by atoms with Crippen molar-refractivity contribution in [1.29, 1.82) is 0 Å². The number of para-hydroxylation sites is 2. The van der Waals surface area contributed by atoms with E-state index in [1.54, 1.807) is 0 Å². The van der Waals surface area contributed by atoms with Crippen molar-refractivity contribution in [2.75, 3.05) is 26.2 Å². The first-order valence-electron chi connectivity index (χ1n) is 8.97. The Labute approximate surface area is 156 Å². The van der Waals surface area contributed by atoms with Gasteiger partial charge in [-0.15, -0.1) is 0 Å². The van der Waals surface area contributed by atoms with Gasteiger partial charge in [0.1, 0.15) is 6.54 Å². The lowest BCUT2D eigenvalue weighted by Gasteiger charge is -2.34. The Morgan fingerprint density at radius 3 is 2.70 bits per heavy atom. The van der Waals surface area contributed by atoms with Crippen LogP contribution in [0.15, 0.2) is 45.8 Å². The van der Waals surface area contributed by atoms with Crippen LogP contribution in [0.25, 0.3) is 11.0 Å². The summed E-state index contributed by atoms with van der Waals surface area (Å²) < 4.78 is 6.75. The normalized spacial score (nSPS) is 15.4. The first-order valence-corrected chi connectivity index (χ1v) is 8.97. The number of carbonyl (C=O) groups is 1. The lowest BCUT2D eigenvalue weighted by Crippen LogP contribution is -2.49. The summed E-state index contributed by atoms with van der Waals surface area (Å²) in [6.45, 7) is 5.40. The monoisotopic (exact) mass is 367 g/mol. The van der Waals surface area contributed by atoms with Crippen molar-refractivity contribution in [1.82, 2.24) is 24.5 Å². The highest BCUT2D eigenvalue weighted by Crippen LogP contribution is 2.12.